The summed E-state index contributed by atoms with van der Waals surface area (Å²) < 4.78 is 11.1. The average molecular weight is 536 g/mol. The standard InChI is InChI=1S/C23H26Cl4N2O4/c24-16-6-8-20(18(26)14-16)32-12-1-4-22(30)28-10-3-11-29-23(31)5-2-13-33-21-9-7-17(25)15-19(21)27/h6-9,14-15H,1-5,10-13H2,(H,28,30)(H,29,31). The number of benzene rings is 2. The summed E-state index contributed by atoms with van der Waals surface area (Å²) in [6.07, 6.45) is 2.45. The highest BCUT2D eigenvalue weighted by atomic mass is 35.5. The molecule has 2 aromatic carbocycles. The van der Waals surface area contributed by atoms with E-state index in [0.29, 0.717) is 90.0 Å². The summed E-state index contributed by atoms with van der Waals surface area (Å²) in [4.78, 5) is 23.7. The molecule has 0 aliphatic rings. The number of hydrogen-bond acceptors (Lipinski definition) is 4. The zero-order valence-corrected chi connectivity index (χ0v) is 21.0. The summed E-state index contributed by atoms with van der Waals surface area (Å²) in [5, 5.41) is 7.60. The van der Waals surface area contributed by atoms with Crippen LogP contribution in [0.1, 0.15) is 32.1 Å². The molecule has 2 amide bonds. The second-order valence-electron chi connectivity index (χ2n) is 7.11. The van der Waals surface area contributed by atoms with Gasteiger partial charge in [-0.2, -0.15) is 0 Å². The minimum absolute atomic E-state index is 0.0647. The molecule has 0 aromatic heterocycles. The zero-order chi connectivity index (χ0) is 24.1. The minimum Gasteiger partial charge on any atom is -0.492 e. The third-order valence-corrected chi connectivity index (χ3v) is 5.46. The highest BCUT2D eigenvalue weighted by Crippen LogP contribution is 2.28. The van der Waals surface area contributed by atoms with Gasteiger partial charge in [0.05, 0.1) is 23.3 Å². The maximum absolute atomic E-state index is 11.9. The van der Waals surface area contributed by atoms with Crippen LogP contribution in [0.5, 0.6) is 11.5 Å². The van der Waals surface area contributed by atoms with Gasteiger partial charge >= 0.3 is 0 Å². The molecule has 10 heteroatoms. The van der Waals surface area contributed by atoms with E-state index in [0.717, 1.165) is 0 Å². The van der Waals surface area contributed by atoms with E-state index < -0.39 is 0 Å². The van der Waals surface area contributed by atoms with Crippen LogP contribution < -0.4 is 20.1 Å². The molecular weight excluding hydrogens is 510 g/mol. The number of rotatable bonds is 14. The molecule has 0 heterocycles. The van der Waals surface area contributed by atoms with Crippen molar-refractivity contribution >= 4 is 58.2 Å². The highest BCUT2D eigenvalue weighted by Gasteiger charge is 2.06. The van der Waals surface area contributed by atoms with Crippen molar-refractivity contribution in [3.05, 3.63) is 56.5 Å². The summed E-state index contributed by atoms with van der Waals surface area (Å²) in [6.45, 7) is 1.72. The summed E-state index contributed by atoms with van der Waals surface area (Å²) in [5.74, 6) is 0.949. The van der Waals surface area contributed by atoms with Crippen LogP contribution in [0.15, 0.2) is 36.4 Å². The van der Waals surface area contributed by atoms with Crippen molar-refractivity contribution in [1.82, 2.24) is 10.6 Å². The lowest BCUT2D eigenvalue weighted by Crippen LogP contribution is -2.30. The molecule has 180 valence electrons. The van der Waals surface area contributed by atoms with Crippen molar-refractivity contribution < 1.29 is 19.1 Å². The van der Waals surface area contributed by atoms with E-state index in [-0.39, 0.29) is 11.8 Å². The van der Waals surface area contributed by atoms with Gasteiger partial charge in [0.2, 0.25) is 11.8 Å². The number of nitrogens with one attached hydrogen (secondary N) is 2. The molecule has 2 aromatic rings. The van der Waals surface area contributed by atoms with E-state index in [1.165, 1.54) is 0 Å². The van der Waals surface area contributed by atoms with Crippen LogP contribution in [-0.4, -0.2) is 38.1 Å². The van der Waals surface area contributed by atoms with E-state index in [1.54, 1.807) is 36.4 Å². The fourth-order valence-electron chi connectivity index (χ4n) is 2.74. The number of ether oxygens (including phenoxy) is 2. The Morgan fingerprint density at radius 1 is 0.667 bits per heavy atom. The highest BCUT2D eigenvalue weighted by molar-refractivity contribution is 6.36. The normalized spacial score (nSPS) is 10.5. The van der Waals surface area contributed by atoms with Gasteiger partial charge in [-0.1, -0.05) is 46.4 Å². The number of amides is 2. The second kappa shape index (κ2) is 15.1. The average Bonchev–Trinajstić information content (AvgIpc) is 2.76. The Balaban J connectivity index is 1.45. The molecule has 33 heavy (non-hydrogen) atoms. The van der Waals surface area contributed by atoms with Crippen molar-refractivity contribution in [1.29, 1.82) is 0 Å². The van der Waals surface area contributed by atoms with E-state index >= 15 is 0 Å². The SMILES string of the molecule is O=C(CCCOc1ccc(Cl)cc1Cl)NCCCNC(=O)CCCOc1ccc(Cl)cc1Cl. The third kappa shape index (κ3) is 11.2. The second-order valence-corrected chi connectivity index (χ2v) is 8.79. The predicted molar refractivity (Wildman–Crippen MR) is 133 cm³/mol. The van der Waals surface area contributed by atoms with E-state index in [2.05, 4.69) is 10.6 Å². The molecule has 0 saturated heterocycles. The molecule has 0 aliphatic heterocycles. The largest absolute Gasteiger partial charge is 0.492 e. The van der Waals surface area contributed by atoms with Crippen molar-refractivity contribution in [2.75, 3.05) is 26.3 Å². The minimum atomic E-state index is -0.0647. The first-order valence-corrected chi connectivity index (χ1v) is 12.1. The monoisotopic (exact) mass is 534 g/mol. The summed E-state index contributed by atoms with van der Waals surface area (Å²) in [6, 6.07) is 9.99. The molecule has 0 aliphatic carbocycles. The molecule has 2 rings (SSSR count). The molecule has 0 atom stereocenters. The van der Waals surface area contributed by atoms with Gasteiger partial charge in [-0.15, -0.1) is 0 Å². The Hall–Kier alpha value is -1.86. The first kappa shape index (κ1) is 27.4. The Morgan fingerprint density at radius 2 is 1.09 bits per heavy atom. The Bertz CT molecular complexity index is 854. The van der Waals surface area contributed by atoms with Crippen LogP contribution in [0.25, 0.3) is 0 Å². The number of hydrogen-bond donors (Lipinski definition) is 2. The predicted octanol–water partition coefficient (Wildman–Crippen LogP) is 5.94. The van der Waals surface area contributed by atoms with Crippen LogP contribution in [-0.2, 0) is 9.59 Å². The first-order valence-electron chi connectivity index (χ1n) is 10.5. The van der Waals surface area contributed by atoms with Crippen LogP contribution in [0.4, 0.5) is 0 Å². The lowest BCUT2D eigenvalue weighted by atomic mass is 10.3. The quantitative estimate of drug-likeness (QED) is 0.293. The zero-order valence-electron chi connectivity index (χ0n) is 18.0. The van der Waals surface area contributed by atoms with Gasteiger partial charge in [0.1, 0.15) is 11.5 Å². The fourth-order valence-corrected chi connectivity index (χ4v) is 3.66. The maximum atomic E-state index is 11.9. The maximum Gasteiger partial charge on any atom is 0.220 e. The van der Waals surface area contributed by atoms with Crippen LogP contribution in [0.3, 0.4) is 0 Å². The van der Waals surface area contributed by atoms with Gasteiger partial charge in [0, 0.05) is 36.0 Å². The molecule has 0 radical (unpaired) electrons. The van der Waals surface area contributed by atoms with Gasteiger partial charge in [0.25, 0.3) is 0 Å². The van der Waals surface area contributed by atoms with Gasteiger partial charge < -0.3 is 20.1 Å². The number of halogens is 4. The van der Waals surface area contributed by atoms with Gasteiger partial charge in [0.15, 0.2) is 0 Å². The summed E-state index contributed by atoms with van der Waals surface area (Å²) in [7, 11) is 0. The Morgan fingerprint density at radius 3 is 1.48 bits per heavy atom. The van der Waals surface area contributed by atoms with E-state index in [4.69, 9.17) is 55.9 Å². The molecular formula is C23H26Cl4N2O4. The first-order chi connectivity index (χ1) is 15.8. The molecule has 0 bridgehead atoms. The molecule has 2 N–H and O–H groups in total. The van der Waals surface area contributed by atoms with Crippen molar-refractivity contribution in [3.63, 3.8) is 0 Å². The fraction of sp³-hybridized carbons (Fsp3) is 0.391. The molecule has 6 nitrogen and oxygen atoms in total. The van der Waals surface area contributed by atoms with Crippen molar-refractivity contribution in [2.24, 2.45) is 0 Å². The molecule has 0 fully saturated rings. The third-order valence-electron chi connectivity index (χ3n) is 4.40. The van der Waals surface area contributed by atoms with E-state index in [1.807, 2.05) is 0 Å². The molecule has 0 unspecified atom stereocenters. The Labute approximate surface area is 213 Å². The van der Waals surface area contributed by atoms with Crippen molar-refractivity contribution in [3.8, 4) is 11.5 Å². The van der Waals surface area contributed by atoms with Crippen LogP contribution in [0, 0.1) is 0 Å². The molecule has 0 spiro atoms. The van der Waals surface area contributed by atoms with Crippen molar-refractivity contribution in [2.45, 2.75) is 32.1 Å². The van der Waals surface area contributed by atoms with Crippen LogP contribution >= 0.6 is 46.4 Å². The van der Waals surface area contributed by atoms with Gasteiger partial charge in [-0.3, -0.25) is 9.59 Å². The lowest BCUT2D eigenvalue weighted by molar-refractivity contribution is -0.121. The van der Waals surface area contributed by atoms with Gasteiger partial charge in [-0.05, 0) is 55.7 Å². The molecule has 0 saturated carbocycles. The van der Waals surface area contributed by atoms with Crippen LogP contribution in [0.2, 0.25) is 20.1 Å². The van der Waals surface area contributed by atoms with E-state index in [9.17, 15) is 9.59 Å². The smallest absolute Gasteiger partial charge is 0.220 e. The lowest BCUT2D eigenvalue weighted by Gasteiger charge is -2.09. The summed E-state index contributed by atoms with van der Waals surface area (Å²) >= 11 is 23.7. The number of carbonyl (C=O) groups excluding carboxylic acids is 2. The van der Waals surface area contributed by atoms with Gasteiger partial charge in [-0.25, -0.2) is 0 Å². The Kier molecular flexibility index (Phi) is 12.5. The number of carbonyl (C=O) groups is 2. The topological polar surface area (TPSA) is 76.7 Å². The summed E-state index contributed by atoms with van der Waals surface area (Å²) in [5.41, 5.74) is 0.